The molecule has 26 heavy (non-hydrogen) atoms. The van der Waals surface area contributed by atoms with E-state index >= 15 is 0 Å². The molecule has 2 aromatic rings. The van der Waals surface area contributed by atoms with Crippen LogP contribution in [0.3, 0.4) is 0 Å². The maximum Gasteiger partial charge on any atom is 0.175 e. The molecule has 1 N–H and O–H groups in total. The zero-order chi connectivity index (χ0) is 18.6. The molecule has 2 heterocycles. The average Bonchev–Trinajstić information content (AvgIpc) is 2.66. The van der Waals surface area contributed by atoms with Crippen molar-refractivity contribution in [2.75, 3.05) is 31.3 Å². The number of nitrogens with zero attached hydrogens (tertiary/aromatic N) is 1. The number of ether oxygens (including phenoxy) is 1. The number of anilines is 1. The normalized spacial score (nSPS) is 15.8. The van der Waals surface area contributed by atoms with Crippen molar-refractivity contribution in [2.45, 2.75) is 31.1 Å². The number of hydrogen-bond donors (Lipinski definition) is 1. The molecule has 0 atom stereocenters. The Hall–Kier alpha value is -1.92. The Morgan fingerprint density at radius 1 is 1.15 bits per heavy atom. The highest BCUT2D eigenvalue weighted by Gasteiger charge is 2.14. The largest absolute Gasteiger partial charge is 0.381 e. The van der Waals surface area contributed by atoms with E-state index in [1.54, 1.807) is 12.1 Å². The number of benzene rings is 1. The Bertz CT molecular complexity index is 842. The number of pyridine rings is 1. The molecular weight excluding hydrogens is 348 g/mol. The van der Waals surface area contributed by atoms with Gasteiger partial charge in [-0.15, -0.1) is 0 Å². The molecule has 0 spiro atoms. The summed E-state index contributed by atoms with van der Waals surface area (Å²) in [5.41, 5.74) is 2.98. The minimum Gasteiger partial charge on any atom is -0.381 e. The van der Waals surface area contributed by atoms with Gasteiger partial charge in [0.1, 0.15) is 5.82 Å². The fraction of sp³-hybridized carbons (Fsp3) is 0.450. The summed E-state index contributed by atoms with van der Waals surface area (Å²) in [4.78, 5) is 5.06. The van der Waals surface area contributed by atoms with Crippen molar-refractivity contribution in [3.8, 4) is 11.3 Å². The minimum atomic E-state index is -3.19. The molecule has 1 aliphatic heterocycles. The van der Waals surface area contributed by atoms with Crippen LogP contribution in [-0.2, 0) is 21.0 Å². The summed E-state index contributed by atoms with van der Waals surface area (Å²) in [6.45, 7) is 4.70. The highest BCUT2D eigenvalue weighted by Crippen LogP contribution is 2.24. The first-order valence-electron chi connectivity index (χ1n) is 9.09. The van der Waals surface area contributed by atoms with Crippen LogP contribution in [0.1, 0.15) is 25.3 Å². The first-order valence-corrected chi connectivity index (χ1v) is 11.0. The molecular formula is C20H26N2O3S. The Kier molecular flexibility index (Phi) is 5.94. The van der Waals surface area contributed by atoms with Crippen LogP contribution in [0, 0.1) is 5.92 Å². The molecule has 140 valence electrons. The molecule has 5 nitrogen and oxygen atoms in total. The molecule has 0 radical (unpaired) electrons. The van der Waals surface area contributed by atoms with Crippen LogP contribution in [-0.4, -0.2) is 39.4 Å². The predicted molar refractivity (Wildman–Crippen MR) is 104 cm³/mol. The van der Waals surface area contributed by atoms with Crippen molar-refractivity contribution in [1.29, 1.82) is 0 Å². The van der Waals surface area contributed by atoms with E-state index < -0.39 is 9.84 Å². The molecule has 0 amide bonds. The van der Waals surface area contributed by atoms with Crippen LogP contribution in [0.15, 0.2) is 41.3 Å². The highest BCUT2D eigenvalue weighted by molar-refractivity contribution is 7.90. The number of aromatic nitrogens is 1. The van der Waals surface area contributed by atoms with Gasteiger partial charge in [-0.1, -0.05) is 19.1 Å². The lowest BCUT2D eigenvalue weighted by Gasteiger charge is -2.22. The van der Waals surface area contributed by atoms with E-state index in [9.17, 15) is 8.42 Å². The Morgan fingerprint density at radius 3 is 2.46 bits per heavy atom. The molecule has 0 saturated carbocycles. The molecule has 1 fully saturated rings. The van der Waals surface area contributed by atoms with Gasteiger partial charge in [-0.2, -0.15) is 0 Å². The topological polar surface area (TPSA) is 68.3 Å². The fourth-order valence-electron chi connectivity index (χ4n) is 3.10. The van der Waals surface area contributed by atoms with Gasteiger partial charge in [0.2, 0.25) is 0 Å². The van der Waals surface area contributed by atoms with Crippen molar-refractivity contribution in [1.82, 2.24) is 4.98 Å². The van der Waals surface area contributed by atoms with Crippen LogP contribution in [0.25, 0.3) is 11.3 Å². The summed E-state index contributed by atoms with van der Waals surface area (Å²) in [5, 5.41) is 3.47. The van der Waals surface area contributed by atoms with Gasteiger partial charge in [-0.05, 0) is 55.0 Å². The van der Waals surface area contributed by atoms with Gasteiger partial charge in [0, 0.05) is 31.6 Å². The second-order valence-corrected chi connectivity index (χ2v) is 8.85. The third-order valence-corrected chi connectivity index (χ3v) is 5.91. The number of sulfone groups is 1. The predicted octanol–water partition coefficient (Wildman–Crippen LogP) is 3.55. The van der Waals surface area contributed by atoms with Gasteiger partial charge in [-0.3, -0.25) is 0 Å². The lowest BCUT2D eigenvalue weighted by molar-refractivity contribution is 0.0699. The van der Waals surface area contributed by atoms with Gasteiger partial charge >= 0.3 is 0 Å². The lowest BCUT2D eigenvalue weighted by Crippen LogP contribution is -2.23. The molecule has 1 aliphatic rings. The fourth-order valence-corrected chi connectivity index (χ4v) is 3.73. The van der Waals surface area contributed by atoms with Crippen LogP contribution in [0.4, 0.5) is 5.82 Å². The molecule has 1 saturated heterocycles. The second kappa shape index (κ2) is 8.18. The van der Waals surface area contributed by atoms with Crippen LogP contribution in [0.5, 0.6) is 0 Å². The number of hydrogen-bond acceptors (Lipinski definition) is 5. The molecule has 1 aromatic heterocycles. The van der Waals surface area contributed by atoms with Gasteiger partial charge in [-0.25, -0.2) is 13.4 Å². The van der Waals surface area contributed by atoms with Gasteiger partial charge in [0.25, 0.3) is 0 Å². The first-order chi connectivity index (χ1) is 12.5. The van der Waals surface area contributed by atoms with Gasteiger partial charge in [0.05, 0.1) is 10.6 Å². The SMILES string of the molecule is CCc1cc(NCC2CCOCC2)nc(-c2ccc(S(C)(=O)=O)cc2)c1. The van der Waals surface area contributed by atoms with E-state index in [0.29, 0.717) is 10.8 Å². The Morgan fingerprint density at radius 2 is 1.85 bits per heavy atom. The quantitative estimate of drug-likeness (QED) is 0.837. The molecule has 6 heteroatoms. The highest BCUT2D eigenvalue weighted by atomic mass is 32.2. The summed E-state index contributed by atoms with van der Waals surface area (Å²) in [7, 11) is -3.19. The Labute approximate surface area is 155 Å². The standard InChI is InChI=1S/C20H26N2O3S/c1-3-15-12-19(17-4-6-18(7-5-17)26(2,23)24)22-20(13-15)21-14-16-8-10-25-11-9-16/h4-7,12-13,16H,3,8-11,14H2,1-2H3,(H,21,22). The van der Waals surface area contributed by atoms with Crippen LogP contribution in [0.2, 0.25) is 0 Å². The van der Waals surface area contributed by atoms with Crippen molar-refractivity contribution < 1.29 is 13.2 Å². The summed E-state index contributed by atoms with van der Waals surface area (Å²) >= 11 is 0. The van der Waals surface area contributed by atoms with Crippen molar-refractivity contribution in [3.05, 3.63) is 42.0 Å². The molecule has 0 aliphatic carbocycles. The van der Waals surface area contributed by atoms with E-state index in [2.05, 4.69) is 24.4 Å². The number of aryl methyl sites for hydroxylation is 1. The maximum atomic E-state index is 11.6. The van der Waals surface area contributed by atoms with Gasteiger partial charge in [0.15, 0.2) is 9.84 Å². The molecule has 3 rings (SSSR count). The van der Waals surface area contributed by atoms with E-state index in [1.807, 2.05) is 12.1 Å². The van der Waals surface area contributed by atoms with E-state index in [4.69, 9.17) is 9.72 Å². The molecule has 1 aromatic carbocycles. The number of nitrogens with one attached hydrogen (secondary N) is 1. The summed E-state index contributed by atoms with van der Waals surface area (Å²) in [6.07, 6.45) is 4.31. The summed E-state index contributed by atoms with van der Waals surface area (Å²) in [6, 6.07) is 11.1. The summed E-state index contributed by atoms with van der Waals surface area (Å²) in [5.74, 6) is 1.49. The second-order valence-electron chi connectivity index (χ2n) is 6.83. The summed E-state index contributed by atoms with van der Waals surface area (Å²) < 4.78 is 28.7. The monoisotopic (exact) mass is 374 g/mol. The zero-order valence-electron chi connectivity index (χ0n) is 15.4. The van der Waals surface area contributed by atoms with Crippen LogP contribution >= 0.6 is 0 Å². The van der Waals surface area contributed by atoms with E-state index in [-0.39, 0.29) is 0 Å². The number of rotatable bonds is 6. The van der Waals surface area contributed by atoms with E-state index in [1.165, 1.54) is 11.8 Å². The Balaban J connectivity index is 1.80. The molecule has 0 unspecified atom stereocenters. The molecule has 0 bridgehead atoms. The third-order valence-electron chi connectivity index (χ3n) is 4.78. The van der Waals surface area contributed by atoms with Crippen molar-refractivity contribution >= 4 is 15.7 Å². The first kappa shape index (κ1) is 18.9. The zero-order valence-corrected chi connectivity index (χ0v) is 16.2. The maximum absolute atomic E-state index is 11.6. The van der Waals surface area contributed by atoms with Crippen molar-refractivity contribution in [2.24, 2.45) is 5.92 Å². The van der Waals surface area contributed by atoms with E-state index in [0.717, 1.165) is 56.1 Å². The lowest BCUT2D eigenvalue weighted by atomic mass is 10.0. The third kappa shape index (κ3) is 4.83. The average molecular weight is 375 g/mol. The van der Waals surface area contributed by atoms with Crippen molar-refractivity contribution in [3.63, 3.8) is 0 Å². The minimum absolute atomic E-state index is 0.325. The van der Waals surface area contributed by atoms with Gasteiger partial charge < -0.3 is 10.1 Å². The smallest absolute Gasteiger partial charge is 0.175 e. The van der Waals surface area contributed by atoms with Crippen LogP contribution < -0.4 is 5.32 Å².